The molecule has 1 unspecified atom stereocenters. The quantitative estimate of drug-likeness (QED) is 0.443. The van der Waals surface area contributed by atoms with Crippen LogP contribution in [0.3, 0.4) is 0 Å². The zero-order chi connectivity index (χ0) is 24.4. The van der Waals surface area contributed by atoms with Crippen molar-refractivity contribution >= 4 is 50.4 Å². The molecule has 1 heterocycles. The van der Waals surface area contributed by atoms with Gasteiger partial charge >= 0.3 is 0 Å². The van der Waals surface area contributed by atoms with Gasteiger partial charge in [0, 0.05) is 17.9 Å². The third kappa shape index (κ3) is 6.88. The number of carbonyl (C=O) groups excluding carboxylic acids is 1. The van der Waals surface area contributed by atoms with E-state index in [1.807, 2.05) is 13.8 Å². The first kappa shape index (κ1) is 24.9. The predicted octanol–water partition coefficient (Wildman–Crippen LogP) is 3.39. The molecule has 0 saturated carbocycles. The van der Waals surface area contributed by atoms with E-state index in [2.05, 4.69) is 21.8 Å². The van der Waals surface area contributed by atoms with Gasteiger partial charge in [-0.05, 0) is 56.9 Å². The summed E-state index contributed by atoms with van der Waals surface area (Å²) in [5.74, 6) is 0.678. The molecule has 0 spiro atoms. The maximum atomic E-state index is 12.9. The molecular formula is C21H24N3O6PS2. The Morgan fingerprint density at radius 1 is 1.12 bits per heavy atom. The van der Waals surface area contributed by atoms with Crippen molar-refractivity contribution in [2.24, 2.45) is 0 Å². The van der Waals surface area contributed by atoms with Crippen LogP contribution in [-0.4, -0.2) is 54.7 Å². The Morgan fingerprint density at radius 2 is 1.76 bits per heavy atom. The van der Waals surface area contributed by atoms with Crippen LogP contribution < -0.4 is 19.5 Å². The number of anilines is 1. The lowest BCUT2D eigenvalue weighted by molar-refractivity contribution is 0.102. The number of nitrogens with one attached hydrogen (secondary N) is 1. The van der Waals surface area contributed by atoms with Gasteiger partial charge in [-0.25, -0.2) is 8.42 Å². The Morgan fingerprint density at radius 3 is 2.30 bits per heavy atom. The van der Waals surface area contributed by atoms with Crippen LogP contribution in [0.25, 0.3) is 0 Å². The highest BCUT2D eigenvalue weighted by molar-refractivity contribution is 7.90. The van der Waals surface area contributed by atoms with E-state index in [-0.39, 0.29) is 21.7 Å². The molecular weight excluding hydrogens is 485 g/mol. The van der Waals surface area contributed by atoms with E-state index in [4.69, 9.17) is 9.47 Å². The molecule has 33 heavy (non-hydrogen) atoms. The number of aromatic nitrogens is 2. The Hall–Kier alpha value is -2.72. The van der Waals surface area contributed by atoms with Gasteiger partial charge in [-0.15, -0.1) is 10.2 Å². The van der Waals surface area contributed by atoms with Gasteiger partial charge in [0.2, 0.25) is 5.13 Å². The van der Waals surface area contributed by atoms with Crippen molar-refractivity contribution in [2.75, 3.05) is 18.2 Å². The summed E-state index contributed by atoms with van der Waals surface area (Å²) >= 11 is 1.06. The highest BCUT2D eigenvalue weighted by Gasteiger charge is 2.17. The summed E-state index contributed by atoms with van der Waals surface area (Å²) in [5, 5.41) is 10.7. The van der Waals surface area contributed by atoms with E-state index in [1.165, 1.54) is 30.3 Å². The number of rotatable bonds is 8. The van der Waals surface area contributed by atoms with E-state index >= 15 is 0 Å². The highest BCUT2D eigenvalue weighted by Crippen LogP contribution is 2.35. The van der Waals surface area contributed by atoms with E-state index in [0.717, 1.165) is 17.6 Å². The van der Waals surface area contributed by atoms with Crippen molar-refractivity contribution < 1.29 is 27.6 Å². The standard InChI is InChI=1S/C21H24N3O6PS2/c1-13(2)29-16-10-14(19(25)22-20-23-24-21(32-20)31(3,4)26)11-17(12-16)30-15-6-8-18(9-7-15)33(5,27)28/h6-13,26H,3H2,1-2,4-5H3,(H,22,23,25). The minimum Gasteiger partial charge on any atom is -0.491 e. The highest BCUT2D eigenvalue weighted by atomic mass is 32.2. The average molecular weight is 510 g/mol. The number of hydrogen-bond donors (Lipinski definition) is 2. The van der Waals surface area contributed by atoms with Crippen LogP contribution in [-0.2, 0) is 9.84 Å². The summed E-state index contributed by atoms with van der Waals surface area (Å²) in [5.41, 5.74) is 0.254. The second-order valence-corrected chi connectivity index (χ2v) is 13.7. The Bertz CT molecular complexity index is 1310. The molecule has 1 aromatic heterocycles. The third-order valence-corrected chi connectivity index (χ3v) is 8.19. The van der Waals surface area contributed by atoms with Crippen molar-refractivity contribution in [3.8, 4) is 17.2 Å². The van der Waals surface area contributed by atoms with Crippen molar-refractivity contribution in [3.05, 3.63) is 48.0 Å². The molecule has 1 atom stereocenters. The molecule has 0 bridgehead atoms. The van der Waals surface area contributed by atoms with Crippen LogP contribution in [0.15, 0.2) is 47.4 Å². The molecule has 3 rings (SSSR count). The molecule has 0 aliphatic rings. The van der Waals surface area contributed by atoms with Crippen LogP contribution in [0.5, 0.6) is 17.2 Å². The average Bonchev–Trinajstić information content (AvgIpc) is 3.16. The third-order valence-electron chi connectivity index (χ3n) is 4.05. The lowest BCUT2D eigenvalue weighted by Gasteiger charge is -2.14. The second-order valence-electron chi connectivity index (χ2n) is 7.69. The number of benzene rings is 2. The SMILES string of the molecule is C=P(C)(O)c1nnc(NC(=O)c2cc(Oc3ccc(S(C)(=O)=O)cc3)cc(OC(C)C)c2)s1. The molecule has 9 nitrogen and oxygen atoms in total. The van der Waals surface area contributed by atoms with Crippen molar-refractivity contribution in [2.45, 2.75) is 24.8 Å². The first-order chi connectivity index (χ1) is 15.3. The second kappa shape index (κ2) is 9.64. The maximum absolute atomic E-state index is 12.9. The Labute approximate surface area is 196 Å². The molecule has 0 radical (unpaired) electrons. The van der Waals surface area contributed by atoms with E-state index in [1.54, 1.807) is 18.8 Å². The first-order valence-corrected chi connectivity index (χ1v) is 14.8. The summed E-state index contributed by atoms with van der Waals surface area (Å²) in [6.45, 7) is 5.29. The molecule has 2 N–H and O–H groups in total. The number of ether oxygens (including phenoxy) is 2. The number of amides is 1. The summed E-state index contributed by atoms with van der Waals surface area (Å²) in [6.07, 6.45) is 4.68. The van der Waals surface area contributed by atoms with E-state index < -0.39 is 22.9 Å². The van der Waals surface area contributed by atoms with Gasteiger partial charge in [-0.1, -0.05) is 17.6 Å². The molecule has 176 valence electrons. The topological polar surface area (TPSA) is 128 Å². The van der Waals surface area contributed by atoms with Crippen molar-refractivity contribution in [3.63, 3.8) is 0 Å². The van der Waals surface area contributed by atoms with Crippen LogP contribution >= 0.6 is 18.4 Å². The number of hydrogen-bond acceptors (Lipinski definition) is 9. The first-order valence-electron chi connectivity index (χ1n) is 9.70. The molecule has 12 heteroatoms. The van der Waals surface area contributed by atoms with Gasteiger partial charge < -0.3 is 14.4 Å². The zero-order valence-electron chi connectivity index (χ0n) is 18.5. The van der Waals surface area contributed by atoms with Crippen LogP contribution in [0.4, 0.5) is 5.13 Å². The summed E-state index contributed by atoms with van der Waals surface area (Å²) in [4.78, 5) is 23.1. The van der Waals surface area contributed by atoms with Gasteiger partial charge in [-0.2, -0.15) is 0 Å². The molecule has 2 aromatic carbocycles. The Kier molecular flexibility index (Phi) is 7.28. The van der Waals surface area contributed by atoms with E-state index in [9.17, 15) is 18.1 Å². The minimum absolute atomic E-state index is 0.140. The lowest BCUT2D eigenvalue weighted by atomic mass is 10.2. The number of nitrogens with zero attached hydrogens (tertiary/aromatic N) is 2. The lowest BCUT2D eigenvalue weighted by Crippen LogP contribution is -2.13. The van der Waals surface area contributed by atoms with Crippen molar-refractivity contribution in [1.82, 2.24) is 10.2 Å². The maximum Gasteiger partial charge on any atom is 0.257 e. The summed E-state index contributed by atoms with van der Waals surface area (Å²) in [6, 6.07) is 10.7. The van der Waals surface area contributed by atoms with Crippen LogP contribution in [0.2, 0.25) is 0 Å². The van der Waals surface area contributed by atoms with Gasteiger partial charge in [0.1, 0.15) is 17.2 Å². The van der Waals surface area contributed by atoms with Crippen molar-refractivity contribution in [1.29, 1.82) is 0 Å². The molecule has 1 amide bonds. The fourth-order valence-electron chi connectivity index (χ4n) is 2.62. The minimum atomic E-state index is -3.32. The Balaban J connectivity index is 1.87. The molecule has 0 fully saturated rings. The van der Waals surface area contributed by atoms with Gasteiger partial charge in [-0.3, -0.25) is 10.1 Å². The molecule has 0 saturated heterocycles. The van der Waals surface area contributed by atoms with Gasteiger partial charge in [0.05, 0.1) is 18.1 Å². The molecule has 0 aliphatic heterocycles. The van der Waals surface area contributed by atoms with E-state index in [0.29, 0.717) is 22.0 Å². The zero-order valence-corrected chi connectivity index (χ0v) is 21.0. The normalized spacial score (nSPS) is 13.4. The summed E-state index contributed by atoms with van der Waals surface area (Å²) < 4.78 is 35.3. The van der Waals surface area contributed by atoms with Gasteiger partial charge in [0.15, 0.2) is 14.6 Å². The molecule has 3 aromatic rings. The van der Waals surface area contributed by atoms with Gasteiger partial charge in [0.25, 0.3) is 5.91 Å². The number of carbonyl (C=O) groups is 1. The largest absolute Gasteiger partial charge is 0.491 e. The number of sulfone groups is 1. The predicted molar refractivity (Wildman–Crippen MR) is 132 cm³/mol. The fourth-order valence-corrected chi connectivity index (χ4v) is 5.02. The molecule has 0 aliphatic carbocycles. The monoisotopic (exact) mass is 509 g/mol. The van der Waals surface area contributed by atoms with Crippen LogP contribution in [0, 0.1) is 0 Å². The van der Waals surface area contributed by atoms with Crippen LogP contribution in [0.1, 0.15) is 24.2 Å². The summed E-state index contributed by atoms with van der Waals surface area (Å²) in [7, 11) is -5.91. The smallest absolute Gasteiger partial charge is 0.257 e. The fraction of sp³-hybridized carbons (Fsp3) is 0.238.